The highest BCUT2D eigenvalue weighted by Gasteiger charge is 2.30. The number of rotatable bonds is 4. The van der Waals surface area contributed by atoms with Gasteiger partial charge in [-0.3, -0.25) is 14.4 Å². The van der Waals surface area contributed by atoms with E-state index in [0.717, 1.165) is 11.1 Å². The number of fused-ring (bicyclic) bond motifs is 2. The fourth-order valence-corrected chi connectivity index (χ4v) is 3.43. The summed E-state index contributed by atoms with van der Waals surface area (Å²) in [4.78, 5) is 37.9. The van der Waals surface area contributed by atoms with Crippen molar-refractivity contribution in [1.82, 2.24) is 0 Å². The van der Waals surface area contributed by atoms with Gasteiger partial charge in [-0.25, -0.2) is 0 Å². The number of aliphatic hydroxyl groups is 2. The average Bonchev–Trinajstić information content (AvgIpc) is 2.75. The van der Waals surface area contributed by atoms with Crippen LogP contribution in [0.2, 0.25) is 0 Å². The molecule has 2 aromatic rings. The lowest BCUT2D eigenvalue weighted by Gasteiger charge is -2.17. The van der Waals surface area contributed by atoms with Crippen LogP contribution in [0.25, 0.3) is 0 Å². The Kier molecular flexibility index (Phi) is 4.86. The molecule has 0 radical (unpaired) electrons. The van der Waals surface area contributed by atoms with E-state index in [1.54, 1.807) is 36.4 Å². The Labute approximate surface area is 164 Å². The molecule has 0 bridgehead atoms. The summed E-state index contributed by atoms with van der Waals surface area (Å²) in [6.07, 6.45) is 1.16. The van der Waals surface area contributed by atoms with Gasteiger partial charge >= 0.3 is 0 Å². The Morgan fingerprint density at radius 1 is 0.750 bits per heavy atom. The van der Waals surface area contributed by atoms with Crippen LogP contribution in [0.4, 0.5) is 0 Å². The van der Waals surface area contributed by atoms with Gasteiger partial charge in [0.1, 0.15) is 11.2 Å². The zero-order valence-electron chi connectivity index (χ0n) is 16.5. The summed E-state index contributed by atoms with van der Waals surface area (Å²) in [6.45, 7) is 5.70. The van der Waals surface area contributed by atoms with E-state index in [9.17, 15) is 24.6 Å². The van der Waals surface area contributed by atoms with Crippen LogP contribution in [0.5, 0.6) is 0 Å². The number of ketones is 3. The van der Waals surface area contributed by atoms with Gasteiger partial charge in [-0.1, -0.05) is 24.3 Å². The van der Waals surface area contributed by atoms with Gasteiger partial charge in [-0.15, -0.1) is 0 Å². The molecule has 0 heterocycles. The first-order valence-corrected chi connectivity index (χ1v) is 9.24. The zero-order valence-corrected chi connectivity index (χ0v) is 16.5. The molecule has 0 saturated carbocycles. The Bertz CT molecular complexity index is 987. The molecule has 0 unspecified atom stereocenters. The van der Waals surface area contributed by atoms with E-state index in [0.29, 0.717) is 29.5 Å². The highest BCUT2D eigenvalue weighted by molar-refractivity contribution is 6.13. The normalized spacial score (nSPS) is 14.1. The quantitative estimate of drug-likeness (QED) is 0.796. The molecule has 2 N–H and O–H groups in total. The molecular formula is C23H24O5. The summed E-state index contributed by atoms with van der Waals surface area (Å²) in [5.41, 5.74) is 0.134. The minimum Gasteiger partial charge on any atom is -0.382 e. The molecule has 0 saturated heterocycles. The second-order valence-electron chi connectivity index (χ2n) is 8.35. The number of aryl methyl sites for hydroxylation is 2. The first kappa shape index (κ1) is 20.1. The van der Waals surface area contributed by atoms with Crippen LogP contribution in [0, 0.1) is 0 Å². The van der Waals surface area contributed by atoms with Crippen LogP contribution in [-0.4, -0.2) is 38.8 Å². The fourth-order valence-electron chi connectivity index (χ4n) is 3.43. The minimum atomic E-state index is -1.52. The van der Waals surface area contributed by atoms with Crippen LogP contribution < -0.4 is 0 Å². The molecule has 0 atom stereocenters. The van der Waals surface area contributed by atoms with Gasteiger partial charge in [0.15, 0.2) is 17.3 Å². The molecule has 0 aliphatic heterocycles. The molecule has 146 valence electrons. The Balaban J connectivity index is 2.04. The second kappa shape index (κ2) is 6.76. The average molecular weight is 380 g/mol. The Morgan fingerprint density at radius 3 is 1.82 bits per heavy atom. The summed E-state index contributed by atoms with van der Waals surface area (Å²) in [5, 5.41) is 20.0. The lowest BCUT2D eigenvalue weighted by Crippen LogP contribution is -2.31. The summed E-state index contributed by atoms with van der Waals surface area (Å²) in [5.74, 6) is -1.06. The standard InChI is InChI=1S/C23H24O5/c1-22(2,27)20(25)15-9-10-17-14(11-15)7-5-13-6-8-16(12-18(13)19(17)24)21(26)23(3,4)28/h6,8-12,27-28H,5,7H2,1-4H3. The van der Waals surface area contributed by atoms with Crippen molar-refractivity contribution in [2.75, 3.05) is 0 Å². The lowest BCUT2D eigenvalue weighted by molar-refractivity contribution is 0.0487. The number of Topliss-reactive ketones (excluding diaryl/α,β-unsaturated/α-hetero) is 2. The second-order valence-corrected chi connectivity index (χ2v) is 8.35. The minimum absolute atomic E-state index is 0.213. The molecule has 28 heavy (non-hydrogen) atoms. The molecule has 0 fully saturated rings. The van der Waals surface area contributed by atoms with E-state index in [1.807, 2.05) is 0 Å². The van der Waals surface area contributed by atoms with Gasteiger partial charge < -0.3 is 10.2 Å². The molecule has 2 aromatic carbocycles. The van der Waals surface area contributed by atoms with Crippen LogP contribution in [-0.2, 0) is 12.8 Å². The van der Waals surface area contributed by atoms with E-state index in [2.05, 4.69) is 0 Å². The number of hydrogen-bond acceptors (Lipinski definition) is 5. The molecule has 1 aliphatic rings. The topological polar surface area (TPSA) is 91.7 Å². The van der Waals surface area contributed by atoms with E-state index in [4.69, 9.17) is 0 Å². The predicted molar refractivity (Wildman–Crippen MR) is 105 cm³/mol. The summed E-state index contributed by atoms with van der Waals surface area (Å²) in [7, 11) is 0. The molecule has 3 rings (SSSR count). The number of carbonyl (C=O) groups is 3. The summed E-state index contributed by atoms with van der Waals surface area (Å²) in [6, 6.07) is 9.75. The number of hydrogen-bond donors (Lipinski definition) is 2. The van der Waals surface area contributed by atoms with Gasteiger partial charge in [0.25, 0.3) is 0 Å². The molecule has 5 heteroatoms. The molecular weight excluding hydrogens is 356 g/mol. The third kappa shape index (κ3) is 3.68. The van der Waals surface area contributed by atoms with Crippen molar-refractivity contribution in [2.24, 2.45) is 0 Å². The third-order valence-corrected chi connectivity index (χ3v) is 5.00. The van der Waals surface area contributed by atoms with Crippen molar-refractivity contribution in [1.29, 1.82) is 0 Å². The summed E-state index contributed by atoms with van der Waals surface area (Å²) < 4.78 is 0. The van der Waals surface area contributed by atoms with Crippen LogP contribution >= 0.6 is 0 Å². The molecule has 5 nitrogen and oxygen atoms in total. The lowest BCUT2D eigenvalue weighted by atomic mass is 9.90. The molecule has 0 amide bonds. The van der Waals surface area contributed by atoms with Crippen molar-refractivity contribution in [2.45, 2.75) is 51.7 Å². The zero-order chi connectivity index (χ0) is 20.9. The van der Waals surface area contributed by atoms with E-state index in [-0.39, 0.29) is 11.3 Å². The van der Waals surface area contributed by atoms with E-state index in [1.165, 1.54) is 27.7 Å². The molecule has 0 aromatic heterocycles. The van der Waals surface area contributed by atoms with Crippen molar-refractivity contribution in [3.05, 3.63) is 69.8 Å². The maximum Gasteiger partial charge on any atom is 0.193 e. The Morgan fingerprint density at radius 2 is 1.25 bits per heavy atom. The monoisotopic (exact) mass is 380 g/mol. The van der Waals surface area contributed by atoms with Gasteiger partial charge in [-0.05, 0) is 63.8 Å². The summed E-state index contributed by atoms with van der Waals surface area (Å²) >= 11 is 0. The third-order valence-electron chi connectivity index (χ3n) is 5.00. The van der Waals surface area contributed by atoms with E-state index < -0.39 is 22.8 Å². The van der Waals surface area contributed by atoms with Crippen molar-refractivity contribution >= 4 is 17.3 Å². The van der Waals surface area contributed by atoms with Crippen molar-refractivity contribution in [3.63, 3.8) is 0 Å². The first-order valence-electron chi connectivity index (χ1n) is 9.24. The van der Waals surface area contributed by atoms with Gasteiger partial charge in [0.05, 0.1) is 0 Å². The first-order chi connectivity index (χ1) is 12.9. The molecule has 0 spiro atoms. The SMILES string of the molecule is CC(C)(O)C(=O)c1ccc2c(c1)CCc1ccc(C(=O)C(C)(C)O)cc1C2=O. The highest BCUT2D eigenvalue weighted by atomic mass is 16.3. The van der Waals surface area contributed by atoms with E-state index >= 15 is 0 Å². The van der Waals surface area contributed by atoms with Crippen molar-refractivity contribution < 1.29 is 24.6 Å². The van der Waals surface area contributed by atoms with Gasteiger partial charge in [-0.2, -0.15) is 0 Å². The van der Waals surface area contributed by atoms with Crippen LogP contribution in [0.15, 0.2) is 36.4 Å². The smallest absolute Gasteiger partial charge is 0.193 e. The van der Waals surface area contributed by atoms with Gasteiger partial charge in [0.2, 0.25) is 0 Å². The maximum atomic E-state index is 13.1. The van der Waals surface area contributed by atoms with Crippen molar-refractivity contribution in [3.8, 4) is 0 Å². The van der Waals surface area contributed by atoms with Gasteiger partial charge in [0, 0.05) is 22.3 Å². The fraction of sp³-hybridized carbons (Fsp3) is 0.348. The highest BCUT2D eigenvalue weighted by Crippen LogP contribution is 2.28. The maximum absolute atomic E-state index is 13.1. The van der Waals surface area contributed by atoms with Crippen LogP contribution in [0.1, 0.15) is 75.5 Å². The Hall–Kier alpha value is -2.63. The van der Waals surface area contributed by atoms with Crippen LogP contribution in [0.3, 0.4) is 0 Å². The largest absolute Gasteiger partial charge is 0.382 e. The number of benzene rings is 2. The predicted octanol–water partition coefficient (Wildman–Crippen LogP) is 2.92. The molecule has 1 aliphatic carbocycles. The number of carbonyl (C=O) groups excluding carboxylic acids is 3.